The molecular formula is C11H13NO4S. The predicted molar refractivity (Wildman–Crippen MR) is 61.9 cm³/mol. The van der Waals surface area contributed by atoms with Crippen molar-refractivity contribution in [3.8, 4) is 0 Å². The molecule has 0 aliphatic carbocycles. The summed E-state index contributed by atoms with van der Waals surface area (Å²) in [4.78, 5) is 11.7. The number of rotatable bonds is 3. The molecule has 1 aromatic rings. The van der Waals surface area contributed by atoms with Crippen molar-refractivity contribution in [1.82, 2.24) is 4.31 Å². The summed E-state index contributed by atoms with van der Waals surface area (Å²) in [5.74, 6) is -0.415. The lowest BCUT2D eigenvalue weighted by molar-refractivity contribution is -0.149. The number of esters is 1. The molecule has 2 atom stereocenters. The monoisotopic (exact) mass is 255 g/mol. The summed E-state index contributed by atoms with van der Waals surface area (Å²) >= 11 is -1.53. The first-order valence-corrected chi connectivity index (χ1v) is 6.20. The van der Waals surface area contributed by atoms with E-state index in [4.69, 9.17) is 8.92 Å². The van der Waals surface area contributed by atoms with E-state index in [0.29, 0.717) is 0 Å². The minimum atomic E-state index is -1.53. The second kappa shape index (κ2) is 5.39. The molecule has 1 fully saturated rings. The molecule has 2 rings (SSSR count). The number of carbonyl (C=O) groups excluding carboxylic acids is 1. The maximum absolute atomic E-state index is 11.7. The Balaban J connectivity index is 1.88. The molecule has 6 heteroatoms. The van der Waals surface area contributed by atoms with E-state index in [1.54, 1.807) is 7.05 Å². The second-order valence-corrected chi connectivity index (χ2v) is 4.90. The van der Waals surface area contributed by atoms with E-state index in [1.807, 2.05) is 30.3 Å². The van der Waals surface area contributed by atoms with E-state index >= 15 is 0 Å². The summed E-state index contributed by atoms with van der Waals surface area (Å²) in [5.41, 5.74) is 0.920. The van der Waals surface area contributed by atoms with Gasteiger partial charge in [-0.15, -0.1) is 0 Å². The summed E-state index contributed by atoms with van der Waals surface area (Å²) < 4.78 is 22.5. The third-order valence-corrected chi connectivity index (χ3v) is 3.56. The highest BCUT2D eigenvalue weighted by Gasteiger charge is 2.35. The van der Waals surface area contributed by atoms with Gasteiger partial charge in [0.1, 0.15) is 12.6 Å². The maximum atomic E-state index is 11.7. The molecule has 92 valence electrons. The molecule has 1 unspecified atom stereocenters. The van der Waals surface area contributed by atoms with Gasteiger partial charge >= 0.3 is 5.97 Å². The zero-order valence-electron chi connectivity index (χ0n) is 9.37. The Labute approximate surface area is 102 Å². The van der Waals surface area contributed by atoms with Crippen LogP contribution in [-0.4, -0.2) is 34.2 Å². The van der Waals surface area contributed by atoms with Gasteiger partial charge < -0.3 is 4.74 Å². The largest absolute Gasteiger partial charge is 0.460 e. The molecule has 0 aromatic heterocycles. The Kier molecular flexibility index (Phi) is 3.88. The van der Waals surface area contributed by atoms with E-state index < -0.39 is 23.3 Å². The van der Waals surface area contributed by atoms with E-state index in [2.05, 4.69) is 0 Å². The summed E-state index contributed by atoms with van der Waals surface area (Å²) in [6, 6.07) is 8.82. The van der Waals surface area contributed by atoms with E-state index in [9.17, 15) is 9.00 Å². The predicted octanol–water partition coefficient (Wildman–Crippen LogP) is 0.639. The van der Waals surface area contributed by atoms with Crippen LogP contribution in [0.15, 0.2) is 30.3 Å². The third-order valence-electron chi connectivity index (χ3n) is 2.50. The molecule has 1 saturated heterocycles. The van der Waals surface area contributed by atoms with Gasteiger partial charge in [-0.2, -0.15) is 4.31 Å². The molecule has 1 heterocycles. The van der Waals surface area contributed by atoms with Crippen LogP contribution >= 0.6 is 0 Å². The van der Waals surface area contributed by atoms with Crippen LogP contribution in [0.1, 0.15) is 5.56 Å². The summed E-state index contributed by atoms with van der Waals surface area (Å²) in [5, 5.41) is 0. The number of hydrogen-bond donors (Lipinski definition) is 0. The quantitative estimate of drug-likeness (QED) is 0.744. The number of hydrogen-bond acceptors (Lipinski definition) is 4. The molecular weight excluding hydrogens is 242 g/mol. The number of likely N-dealkylation sites (N-methyl/N-ethyl adjacent to an activating group) is 1. The van der Waals surface area contributed by atoms with Gasteiger partial charge in [-0.3, -0.25) is 8.98 Å². The highest BCUT2D eigenvalue weighted by molar-refractivity contribution is 7.78. The van der Waals surface area contributed by atoms with Crippen molar-refractivity contribution in [2.75, 3.05) is 13.7 Å². The lowest BCUT2D eigenvalue weighted by Crippen LogP contribution is -2.36. The van der Waals surface area contributed by atoms with Crippen LogP contribution in [0.25, 0.3) is 0 Å². The Morgan fingerprint density at radius 1 is 1.53 bits per heavy atom. The molecule has 0 spiro atoms. The van der Waals surface area contributed by atoms with Crippen molar-refractivity contribution in [3.63, 3.8) is 0 Å². The fourth-order valence-electron chi connectivity index (χ4n) is 1.46. The molecule has 0 saturated carbocycles. The fraction of sp³-hybridized carbons (Fsp3) is 0.364. The molecule has 0 radical (unpaired) electrons. The normalized spacial score (nSPS) is 24.8. The van der Waals surface area contributed by atoms with Crippen molar-refractivity contribution in [1.29, 1.82) is 0 Å². The first-order chi connectivity index (χ1) is 8.18. The molecule has 1 aliphatic rings. The van der Waals surface area contributed by atoms with Crippen LogP contribution in [0, 0.1) is 0 Å². The average Bonchev–Trinajstić information content (AvgIpc) is 2.69. The van der Waals surface area contributed by atoms with Crippen LogP contribution in [0.3, 0.4) is 0 Å². The van der Waals surface area contributed by atoms with Gasteiger partial charge in [0, 0.05) is 7.05 Å². The van der Waals surface area contributed by atoms with Crippen molar-refractivity contribution < 1.29 is 17.9 Å². The van der Waals surface area contributed by atoms with Crippen molar-refractivity contribution in [3.05, 3.63) is 35.9 Å². The van der Waals surface area contributed by atoms with Crippen LogP contribution in [-0.2, 0) is 31.6 Å². The zero-order chi connectivity index (χ0) is 12.3. The first kappa shape index (κ1) is 12.2. The van der Waals surface area contributed by atoms with Crippen molar-refractivity contribution in [2.45, 2.75) is 12.6 Å². The van der Waals surface area contributed by atoms with Gasteiger partial charge in [0.15, 0.2) is 0 Å². The van der Waals surface area contributed by atoms with Crippen LogP contribution in [0.5, 0.6) is 0 Å². The second-order valence-electron chi connectivity index (χ2n) is 3.66. The molecule has 0 bridgehead atoms. The Morgan fingerprint density at radius 3 is 2.82 bits per heavy atom. The van der Waals surface area contributed by atoms with Gasteiger partial charge in [-0.1, -0.05) is 30.3 Å². The number of ether oxygens (including phenoxy) is 1. The Morgan fingerprint density at radius 2 is 2.24 bits per heavy atom. The fourth-order valence-corrected chi connectivity index (χ4v) is 2.22. The highest BCUT2D eigenvalue weighted by Crippen LogP contribution is 2.14. The number of nitrogens with zero attached hydrogens (tertiary/aromatic N) is 1. The standard InChI is InChI=1S/C11H13NO4S/c1-12-10(8-16-17(12)14)11(13)15-7-9-5-3-2-4-6-9/h2-6,10H,7-8H2,1H3/t10-,17?/m0/s1. The molecule has 1 aromatic carbocycles. The molecule has 5 nitrogen and oxygen atoms in total. The summed E-state index contributed by atoms with van der Waals surface area (Å²) in [6.45, 7) is 0.327. The average molecular weight is 255 g/mol. The lowest BCUT2D eigenvalue weighted by atomic mass is 10.2. The third kappa shape index (κ3) is 2.91. The Bertz CT molecular complexity index is 423. The summed E-state index contributed by atoms with van der Waals surface area (Å²) in [6.07, 6.45) is 0. The van der Waals surface area contributed by atoms with Gasteiger partial charge in [0.25, 0.3) is 0 Å². The van der Waals surface area contributed by atoms with Gasteiger partial charge in [0.05, 0.1) is 6.61 Å². The molecule has 0 N–H and O–H groups in total. The topological polar surface area (TPSA) is 55.8 Å². The smallest absolute Gasteiger partial charge is 0.327 e. The van der Waals surface area contributed by atoms with Crippen molar-refractivity contribution >= 4 is 17.2 Å². The maximum Gasteiger partial charge on any atom is 0.327 e. The van der Waals surface area contributed by atoms with Crippen molar-refractivity contribution in [2.24, 2.45) is 0 Å². The van der Waals surface area contributed by atoms with E-state index in [0.717, 1.165) is 5.56 Å². The molecule has 1 aliphatic heterocycles. The first-order valence-electron chi connectivity index (χ1n) is 5.17. The van der Waals surface area contributed by atoms with Crippen LogP contribution in [0.2, 0.25) is 0 Å². The SMILES string of the molecule is CN1[C@H](C(=O)OCc2ccccc2)COS1=O. The molecule has 0 amide bonds. The van der Waals surface area contributed by atoms with Crippen LogP contribution < -0.4 is 0 Å². The van der Waals surface area contributed by atoms with E-state index in [1.165, 1.54) is 4.31 Å². The van der Waals surface area contributed by atoms with Gasteiger partial charge in [0.2, 0.25) is 11.3 Å². The van der Waals surface area contributed by atoms with Gasteiger partial charge in [-0.25, -0.2) is 4.21 Å². The van der Waals surface area contributed by atoms with E-state index in [-0.39, 0.29) is 13.2 Å². The number of carbonyl (C=O) groups is 1. The highest BCUT2D eigenvalue weighted by atomic mass is 32.2. The Hall–Kier alpha value is -1.24. The number of benzene rings is 1. The lowest BCUT2D eigenvalue weighted by Gasteiger charge is -2.13. The molecule has 17 heavy (non-hydrogen) atoms. The summed E-state index contributed by atoms with van der Waals surface area (Å²) in [7, 11) is 1.57. The zero-order valence-corrected chi connectivity index (χ0v) is 10.2. The minimum Gasteiger partial charge on any atom is -0.460 e. The van der Waals surface area contributed by atoms with Crippen LogP contribution in [0.4, 0.5) is 0 Å². The minimum absolute atomic E-state index is 0.108. The van der Waals surface area contributed by atoms with Gasteiger partial charge in [-0.05, 0) is 5.56 Å².